The van der Waals surface area contributed by atoms with Gasteiger partial charge in [0.1, 0.15) is 0 Å². The second kappa shape index (κ2) is 7.40. The van der Waals surface area contributed by atoms with Gasteiger partial charge in [-0.25, -0.2) is 0 Å². The van der Waals surface area contributed by atoms with Gasteiger partial charge in [0, 0.05) is 12.1 Å². The van der Waals surface area contributed by atoms with Gasteiger partial charge in [0.2, 0.25) is 5.91 Å². The molecule has 0 radical (unpaired) electrons. The lowest BCUT2D eigenvalue weighted by molar-refractivity contribution is -0.127. The summed E-state index contributed by atoms with van der Waals surface area (Å²) in [6, 6.07) is 28.9. The van der Waals surface area contributed by atoms with Crippen molar-refractivity contribution >= 4 is 12.0 Å². The molecular formula is C24H21NO. The van der Waals surface area contributed by atoms with Crippen LogP contribution in [0, 0.1) is 0 Å². The zero-order valence-electron chi connectivity index (χ0n) is 14.6. The lowest BCUT2D eigenvalue weighted by Crippen LogP contribution is -2.22. The molecule has 0 saturated carbocycles. The molecule has 2 heteroatoms. The Labute approximate surface area is 154 Å². The van der Waals surface area contributed by atoms with E-state index in [0.717, 1.165) is 23.2 Å². The molecule has 2 nitrogen and oxygen atoms in total. The second-order valence-corrected chi connectivity index (χ2v) is 6.55. The first-order valence-corrected chi connectivity index (χ1v) is 9.00. The molecule has 0 unspecified atom stereocenters. The summed E-state index contributed by atoms with van der Waals surface area (Å²) in [6.45, 7) is 0.638. The first-order chi connectivity index (χ1) is 12.8. The summed E-state index contributed by atoms with van der Waals surface area (Å²) in [7, 11) is 0. The van der Waals surface area contributed by atoms with Gasteiger partial charge in [-0.2, -0.15) is 0 Å². The topological polar surface area (TPSA) is 20.3 Å². The number of hydrogen-bond donors (Lipinski definition) is 0. The SMILES string of the molecule is O=C1CCC(=Cc2ccccc2-c2ccccc2)N1Cc1ccccc1. The van der Waals surface area contributed by atoms with Crippen LogP contribution in [0.2, 0.25) is 0 Å². The fourth-order valence-electron chi connectivity index (χ4n) is 3.45. The highest BCUT2D eigenvalue weighted by molar-refractivity contribution is 5.84. The van der Waals surface area contributed by atoms with Gasteiger partial charge in [-0.1, -0.05) is 84.9 Å². The van der Waals surface area contributed by atoms with E-state index in [2.05, 4.69) is 66.7 Å². The number of carbonyl (C=O) groups excluding carboxylic acids is 1. The third kappa shape index (κ3) is 3.45. The van der Waals surface area contributed by atoms with E-state index < -0.39 is 0 Å². The molecule has 0 N–H and O–H groups in total. The fourth-order valence-corrected chi connectivity index (χ4v) is 3.45. The van der Waals surface area contributed by atoms with Gasteiger partial charge in [0.15, 0.2) is 0 Å². The van der Waals surface area contributed by atoms with Crippen LogP contribution >= 0.6 is 0 Å². The molecule has 0 spiro atoms. The molecule has 1 fully saturated rings. The lowest BCUT2D eigenvalue weighted by atomic mass is 9.99. The maximum Gasteiger partial charge on any atom is 0.227 e. The summed E-state index contributed by atoms with van der Waals surface area (Å²) in [4.78, 5) is 14.3. The summed E-state index contributed by atoms with van der Waals surface area (Å²) in [5, 5.41) is 0. The van der Waals surface area contributed by atoms with Crippen molar-refractivity contribution in [3.8, 4) is 11.1 Å². The van der Waals surface area contributed by atoms with Crippen LogP contribution in [0.5, 0.6) is 0 Å². The van der Waals surface area contributed by atoms with Crippen LogP contribution in [0.15, 0.2) is 90.6 Å². The lowest BCUT2D eigenvalue weighted by Gasteiger charge is -2.19. The van der Waals surface area contributed by atoms with Gasteiger partial charge in [-0.05, 0) is 34.8 Å². The number of amides is 1. The van der Waals surface area contributed by atoms with Crippen LogP contribution in [0.1, 0.15) is 24.0 Å². The molecule has 1 aliphatic rings. The number of likely N-dealkylation sites (tertiary alicyclic amines) is 1. The smallest absolute Gasteiger partial charge is 0.227 e. The minimum absolute atomic E-state index is 0.206. The van der Waals surface area contributed by atoms with Crippen molar-refractivity contribution in [1.82, 2.24) is 4.90 Å². The Morgan fingerprint density at radius 3 is 2.19 bits per heavy atom. The van der Waals surface area contributed by atoms with E-state index in [1.165, 1.54) is 11.1 Å². The van der Waals surface area contributed by atoms with Crippen molar-refractivity contribution in [3.05, 3.63) is 102 Å². The van der Waals surface area contributed by atoms with E-state index in [4.69, 9.17) is 0 Å². The number of benzene rings is 3. The Hall–Kier alpha value is -3.13. The Kier molecular flexibility index (Phi) is 4.65. The molecule has 0 aliphatic carbocycles. The highest BCUT2D eigenvalue weighted by atomic mass is 16.2. The summed E-state index contributed by atoms with van der Waals surface area (Å²) >= 11 is 0. The van der Waals surface area contributed by atoms with Crippen LogP contribution in [-0.2, 0) is 11.3 Å². The van der Waals surface area contributed by atoms with E-state index in [9.17, 15) is 4.79 Å². The van der Waals surface area contributed by atoms with Crippen LogP contribution in [0.3, 0.4) is 0 Å². The largest absolute Gasteiger partial charge is 0.312 e. The van der Waals surface area contributed by atoms with E-state index in [1.807, 2.05) is 29.2 Å². The molecule has 3 aromatic rings. The highest BCUT2D eigenvalue weighted by Gasteiger charge is 2.25. The monoisotopic (exact) mass is 339 g/mol. The number of hydrogen-bond acceptors (Lipinski definition) is 1. The van der Waals surface area contributed by atoms with Crippen molar-refractivity contribution in [3.63, 3.8) is 0 Å². The molecule has 1 heterocycles. The number of rotatable bonds is 4. The number of allylic oxidation sites excluding steroid dienone is 1. The molecule has 0 aromatic heterocycles. The van der Waals surface area contributed by atoms with Crippen LogP contribution in [-0.4, -0.2) is 10.8 Å². The van der Waals surface area contributed by atoms with Crippen LogP contribution in [0.4, 0.5) is 0 Å². The van der Waals surface area contributed by atoms with Gasteiger partial charge in [-0.3, -0.25) is 4.79 Å². The van der Waals surface area contributed by atoms with Gasteiger partial charge in [-0.15, -0.1) is 0 Å². The van der Waals surface area contributed by atoms with Gasteiger partial charge in [0.05, 0.1) is 6.54 Å². The standard InChI is InChI=1S/C24H21NO/c26-24-16-15-22(25(24)18-19-9-3-1-4-10-19)17-21-13-7-8-14-23(21)20-11-5-2-6-12-20/h1-14,17H,15-16,18H2. The second-order valence-electron chi connectivity index (χ2n) is 6.55. The molecule has 1 aliphatic heterocycles. The first kappa shape index (κ1) is 16.3. The maximum absolute atomic E-state index is 12.4. The van der Waals surface area contributed by atoms with E-state index in [0.29, 0.717) is 13.0 Å². The average Bonchev–Trinajstić information content (AvgIpc) is 3.03. The highest BCUT2D eigenvalue weighted by Crippen LogP contribution is 2.30. The Morgan fingerprint density at radius 1 is 0.769 bits per heavy atom. The minimum atomic E-state index is 0.206. The Bertz CT molecular complexity index is 929. The average molecular weight is 339 g/mol. The van der Waals surface area contributed by atoms with Gasteiger partial charge < -0.3 is 4.90 Å². The Balaban J connectivity index is 1.68. The number of nitrogens with zero attached hydrogens (tertiary/aromatic N) is 1. The molecule has 128 valence electrons. The van der Waals surface area contributed by atoms with Gasteiger partial charge in [0.25, 0.3) is 0 Å². The van der Waals surface area contributed by atoms with Gasteiger partial charge >= 0.3 is 0 Å². The summed E-state index contributed by atoms with van der Waals surface area (Å²) < 4.78 is 0. The molecule has 4 rings (SSSR count). The third-order valence-corrected chi connectivity index (χ3v) is 4.79. The molecule has 0 atom stereocenters. The normalized spacial score (nSPS) is 15.6. The first-order valence-electron chi connectivity index (χ1n) is 9.00. The molecule has 3 aromatic carbocycles. The zero-order chi connectivity index (χ0) is 17.8. The van der Waals surface area contributed by atoms with E-state index in [-0.39, 0.29) is 5.91 Å². The van der Waals surface area contributed by atoms with E-state index in [1.54, 1.807) is 0 Å². The predicted octanol–water partition coefficient (Wildman–Crippen LogP) is 5.52. The van der Waals surface area contributed by atoms with Crippen molar-refractivity contribution < 1.29 is 4.79 Å². The van der Waals surface area contributed by atoms with Crippen molar-refractivity contribution in [1.29, 1.82) is 0 Å². The molecule has 1 saturated heterocycles. The zero-order valence-corrected chi connectivity index (χ0v) is 14.6. The van der Waals surface area contributed by atoms with Crippen molar-refractivity contribution in [2.75, 3.05) is 0 Å². The fraction of sp³-hybridized carbons (Fsp3) is 0.125. The summed E-state index contributed by atoms with van der Waals surface area (Å²) in [5.41, 5.74) is 5.80. The van der Waals surface area contributed by atoms with Crippen LogP contribution in [0.25, 0.3) is 17.2 Å². The summed E-state index contributed by atoms with van der Waals surface area (Å²) in [5.74, 6) is 0.206. The third-order valence-electron chi connectivity index (χ3n) is 4.79. The minimum Gasteiger partial charge on any atom is -0.312 e. The molecule has 0 bridgehead atoms. The summed E-state index contributed by atoms with van der Waals surface area (Å²) in [6.07, 6.45) is 3.57. The molecular weight excluding hydrogens is 318 g/mol. The van der Waals surface area contributed by atoms with Crippen molar-refractivity contribution in [2.45, 2.75) is 19.4 Å². The Morgan fingerprint density at radius 2 is 1.42 bits per heavy atom. The number of carbonyl (C=O) groups is 1. The quantitative estimate of drug-likeness (QED) is 0.613. The predicted molar refractivity (Wildman–Crippen MR) is 106 cm³/mol. The molecule has 26 heavy (non-hydrogen) atoms. The van der Waals surface area contributed by atoms with E-state index >= 15 is 0 Å². The molecule has 1 amide bonds. The van der Waals surface area contributed by atoms with Crippen LogP contribution < -0.4 is 0 Å². The maximum atomic E-state index is 12.4. The van der Waals surface area contributed by atoms with Crippen molar-refractivity contribution in [2.24, 2.45) is 0 Å².